The maximum Gasteiger partial charge on any atom is 0.337 e. The van der Waals surface area contributed by atoms with Gasteiger partial charge in [-0.3, -0.25) is 4.68 Å². The number of hydrogen-bond donors (Lipinski definition) is 0. The van der Waals surface area contributed by atoms with Crippen LogP contribution in [0.3, 0.4) is 0 Å². The Balaban J connectivity index is 0.00000320. The van der Waals surface area contributed by atoms with Crippen molar-refractivity contribution in [2.24, 2.45) is 0 Å². The number of sulfonamides is 1. The van der Waals surface area contributed by atoms with E-state index >= 15 is 0 Å². The highest BCUT2D eigenvalue weighted by molar-refractivity contribution is 7.89. The number of halogens is 1. The lowest BCUT2D eigenvalue weighted by molar-refractivity contribution is 0.0600. The van der Waals surface area contributed by atoms with Crippen LogP contribution in [0.5, 0.6) is 0 Å². The fourth-order valence-corrected chi connectivity index (χ4v) is 5.05. The van der Waals surface area contributed by atoms with E-state index in [9.17, 15) is 13.2 Å². The van der Waals surface area contributed by atoms with Crippen LogP contribution in [0.25, 0.3) is 0 Å². The zero-order valence-electron chi connectivity index (χ0n) is 17.6. The van der Waals surface area contributed by atoms with Gasteiger partial charge in [0.05, 0.1) is 29.8 Å². The van der Waals surface area contributed by atoms with E-state index in [0.717, 1.165) is 37.4 Å². The lowest BCUT2D eigenvalue weighted by atomic mass is 10.2. The number of aryl methyl sites for hydroxylation is 2. The Bertz CT molecular complexity index is 960. The number of methoxy groups -OCH3 is 1. The number of carbonyl (C=O) groups excluding carboxylic acids is 1. The second-order valence-electron chi connectivity index (χ2n) is 7.27. The molecule has 1 aliphatic rings. The van der Waals surface area contributed by atoms with Crippen molar-refractivity contribution in [1.29, 1.82) is 0 Å². The third kappa shape index (κ3) is 5.60. The van der Waals surface area contributed by atoms with E-state index in [0.29, 0.717) is 25.2 Å². The Morgan fingerprint density at radius 1 is 1.07 bits per heavy atom. The summed E-state index contributed by atoms with van der Waals surface area (Å²) >= 11 is 0. The number of esters is 1. The van der Waals surface area contributed by atoms with Gasteiger partial charge in [0.25, 0.3) is 0 Å². The molecule has 10 heteroatoms. The van der Waals surface area contributed by atoms with Gasteiger partial charge in [0.1, 0.15) is 0 Å². The lowest BCUT2D eigenvalue weighted by Crippen LogP contribution is -2.36. The van der Waals surface area contributed by atoms with Gasteiger partial charge >= 0.3 is 5.97 Å². The van der Waals surface area contributed by atoms with Gasteiger partial charge in [-0.15, -0.1) is 12.4 Å². The number of hydrogen-bond acceptors (Lipinski definition) is 6. The predicted octanol–water partition coefficient (Wildman–Crippen LogP) is 2.10. The zero-order chi connectivity index (χ0) is 21.0. The summed E-state index contributed by atoms with van der Waals surface area (Å²) in [5.41, 5.74) is 2.48. The van der Waals surface area contributed by atoms with Crippen LogP contribution in [0.2, 0.25) is 0 Å². The number of aromatic nitrogens is 2. The molecule has 0 aliphatic carbocycles. The van der Waals surface area contributed by atoms with E-state index in [2.05, 4.69) is 20.8 Å². The number of ether oxygens (including phenoxy) is 1. The quantitative estimate of drug-likeness (QED) is 0.619. The first-order valence-electron chi connectivity index (χ1n) is 9.73. The molecule has 30 heavy (non-hydrogen) atoms. The van der Waals surface area contributed by atoms with Crippen molar-refractivity contribution in [3.05, 3.63) is 47.3 Å². The average Bonchev–Trinajstić information content (AvgIpc) is 2.89. The van der Waals surface area contributed by atoms with E-state index < -0.39 is 16.0 Å². The topological polar surface area (TPSA) is 84.7 Å². The van der Waals surface area contributed by atoms with Crippen molar-refractivity contribution in [3.8, 4) is 0 Å². The highest BCUT2D eigenvalue weighted by Crippen LogP contribution is 2.19. The summed E-state index contributed by atoms with van der Waals surface area (Å²) in [6.45, 7) is 8.12. The van der Waals surface area contributed by atoms with E-state index in [1.54, 1.807) is 0 Å². The van der Waals surface area contributed by atoms with Crippen molar-refractivity contribution >= 4 is 28.4 Å². The molecule has 0 amide bonds. The highest BCUT2D eigenvalue weighted by Gasteiger charge is 2.27. The smallest absolute Gasteiger partial charge is 0.337 e. The number of benzene rings is 1. The summed E-state index contributed by atoms with van der Waals surface area (Å²) in [7, 11) is -2.30. The molecule has 1 aromatic heterocycles. The van der Waals surface area contributed by atoms with E-state index in [1.807, 2.05) is 18.5 Å². The summed E-state index contributed by atoms with van der Waals surface area (Å²) in [6.07, 6.45) is 0.774. The SMILES string of the molecule is COC(=O)c1ccc(S(=O)(=O)N2CCCN(CCn3nc(C)cc3C)CC2)cc1.Cl. The third-order valence-electron chi connectivity index (χ3n) is 5.19. The van der Waals surface area contributed by atoms with Crippen LogP contribution < -0.4 is 0 Å². The molecule has 1 fully saturated rings. The van der Waals surface area contributed by atoms with Crippen molar-refractivity contribution in [3.63, 3.8) is 0 Å². The van der Waals surface area contributed by atoms with Crippen LogP contribution in [0.15, 0.2) is 35.2 Å². The zero-order valence-corrected chi connectivity index (χ0v) is 19.2. The minimum atomic E-state index is -3.59. The first-order chi connectivity index (χ1) is 13.8. The Hall–Kier alpha value is -1.94. The Labute approximate surface area is 184 Å². The van der Waals surface area contributed by atoms with Crippen LogP contribution in [0.4, 0.5) is 0 Å². The molecule has 0 atom stereocenters. The van der Waals surface area contributed by atoms with Gasteiger partial charge < -0.3 is 9.64 Å². The second kappa shape index (κ2) is 10.4. The Morgan fingerprint density at radius 3 is 2.37 bits per heavy atom. The predicted molar refractivity (Wildman–Crippen MR) is 117 cm³/mol. The summed E-state index contributed by atoms with van der Waals surface area (Å²) in [5.74, 6) is -0.484. The second-order valence-corrected chi connectivity index (χ2v) is 9.20. The summed E-state index contributed by atoms with van der Waals surface area (Å²) in [6, 6.07) is 7.96. The minimum absolute atomic E-state index is 0. The Kier molecular flexibility index (Phi) is 8.42. The van der Waals surface area contributed by atoms with E-state index in [4.69, 9.17) is 0 Å². The molecule has 1 aliphatic heterocycles. The molecule has 0 N–H and O–H groups in total. The molecule has 0 radical (unpaired) electrons. The van der Waals surface area contributed by atoms with Gasteiger partial charge in [-0.25, -0.2) is 13.2 Å². The molecule has 1 aromatic carbocycles. The fourth-order valence-electron chi connectivity index (χ4n) is 3.58. The number of nitrogens with zero attached hydrogens (tertiary/aromatic N) is 4. The first kappa shape index (κ1) is 24.3. The molecular formula is C20H29ClN4O4S. The van der Waals surface area contributed by atoms with E-state index in [-0.39, 0.29) is 17.3 Å². The Morgan fingerprint density at radius 2 is 1.77 bits per heavy atom. The standard InChI is InChI=1S/C20H28N4O4S.ClH/c1-16-15-17(2)24(21-16)14-12-22-9-4-10-23(13-11-22)29(26,27)19-7-5-18(6-8-19)20(25)28-3;/h5-8,15H,4,9-14H2,1-3H3;1H. The summed E-state index contributed by atoms with van der Waals surface area (Å²) in [4.78, 5) is 14.0. The first-order valence-corrected chi connectivity index (χ1v) is 11.2. The molecule has 1 saturated heterocycles. The normalized spacial score (nSPS) is 16.0. The van der Waals surface area contributed by atoms with Gasteiger partial charge in [0.15, 0.2) is 0 Å². The molecule has 0 bridgehead atoms. The van der Waals surface area contributed by atoms with Gasteiger partial charge in [-0.05, 0) is 57.1 Å². The maximum absolute atomic E-state index is 13.0. The average molecular weight is 457 g/mol. The van der Waals surface area contributed by atoms with Crippen LogP contribution in [0.1, 0.15) is 28.2 Å². The molecule has 8 nitrogen and oxygen atoms in total. The fraction of sp³-hybridized carbons (Fsp3) is 0.500. The van der Waals surface area contributed by atoms with Gasteiger partial charge in [-0.2, -0.15) is 9.40 Å². The van der Waals surface area contributed by atoms with E-state index in [1.165, 1.54) is 35.7 Å². The maximum atomic E-state index is 13.0. The molecule has 2 aromatic rings. The van der Waals surface area contributed by atoms with Crippen molar-refractivity contribution < 1.29 is 17.9 Å². The van der Waals surface area contributed by atoms with Gasteiger partial charge in [-0.1, -0.05) is 0 Å². The highest BCUT2D eigenvalue weighted by atomic mass is 35.5. The molecule has 3 rings (SSSR count). The summed E-state index contributed by atoms with van der Waals surface area (Å²) in [5, 5.41) is 4.49. The number of carbonyl (C=O) groups is 1. The van der Waals surface area contributed by atoms with Crippen molar-refractivity contribution in [1.82, 2.24) is 19.0 Å². The molecule has 0 saturated carbocycles. The van der Waals surface area contributed by atoms with Gasteiger partial charge in [0.2, 0.25) is 10.0 Å². The molecule has 0 unspecified atom stereocenters. The molecule has 2 heterocycles. The van der Waals surface area contributed by atoms with Crippen LogP contribution in [-0.2, 0) is 21.3 Å². The molecular weight excluding hydrogens is 428 g/mol. The largest absolute Gasteiger partial charge is 0.465 e. The monoisotopic (exact) mass is 456 g/mol. The van der Waals surface area contributed by atoms with Crippen molar-refractivity contribution in [2.45, 2.75) is 31.7 Å². The number of rotatable bonds is 6. The molecule has 166 valence electrons. The molecule has 0 spiro atoms. The van der Waals surface area contributed by atoms with Crippen LogP contribution in [-0.4, -0.2) is 73.2 Å². The van der Waals surface area contributed by atoms with Gasteiger partial charge in [0, 0.05) is 31.9 Å². The van der Waals surface area contributed by atoms with Crippen molar-refractivity contribution in [2.75, 3.05) is 39.8 Å². The lowest BCUT2D eigenvalue weighted by Gasteiger charge is -2.22. The van der Waals surface area contributed by atoms with Crippen LogP contribution >= 0.6 is 12.4 Å². The summed E-state index contributed by atoms with van der Waals surface area (Å²) < 4.78 is 34.2. The third-order valence-corrected chi connectivity index (χ3v) is 7.10. The van der Waals surface area contributed by atoms with Crippen LogP contribution in [0, 0.1) is 13.8 Å². The minimum Gasteiger partial charge on any atom is -0.465 e.